The van der Waals surface area contributed by atoms with Gasteiger partial charge in [-0.25, -0.2) is 0 Å². The number of likely N-dealkylation sites (tertiary alicyclic amines) is 1. The van der Waals surface area contributed by atoms with Gasteiger partial charge in [0.1, 0.15) is 0 Å². The molecule has 1 aliphatic rings. The number of amides is 1. The Labute approximate surface area is 121 Å². The quantitative estimate of drug-likeness (QED) is 0.926. The number of rotatable bonds is 3. The molecule has 1 fully saturated rings. The second-order valence-electron chi connectivity index (χ2n) is 4.94. The van der Waals surface area contributed by atoms with Crippen molar-refractivity contribution in [3.05, 3.63) is 35.9 Å². The van der Waals surface area contributed by atoms with Crippen molar-refractivity contribution in [3.63, 3.8) is 0 Å². The summed E-state index contributed by atoms with van der Waals surface area (Å²) >= 11 is 0. The summed E-state index contributed by atoms with van der Waals surface area (Å²) < 4.78 is 0. The van der Waals surface area contributed by atoms with E-state index >= 15 is 0 Å². The minimum absolute atomic E-state index is 0. The summed E-state index contributed by atoms with van der Waals surface area (Å²) in [7, 11) is 0. The molecule has 0 aliphatic carbocycles. The van der Waals surface area contributed by atoms with Crippen molar-refractivity contribution in [2.75, 3.05) is 19.6 Å². The van der Waals surface area contributed by atoms with Crippen LogP contribution in [-0.2, 0) is 4.79 Å². The average molecular weight is 283 g/mol. The molecule has 0 bridgehead atoms. The number of halogens is 1. The molecule has 1 unspecified atom stereocenters. The van der Waals surface area contributed by atoms with Crippen molar-refractivity contribution in [1.29, 1.82) is 0 Å². The maximum Gasteiger partial charge on any atom is 0.231 e. The van der Waals surface area contributed by atoms with Crippen molar-refractivity contribution in [3.8, 4) is 0 Å². The molecule has 19 heavy (non-hydrogen) atoms. The fourth-order valence-electron chi connectivity index (χ4n) is 2.58. The molecule has 4 heteroatoms. The van der Waals surface area contributed by atoms with Crippen LogP contribution in [0.4, 0.5) is 0 Å². The van der Waals surface area contributed by atoms with E-state index in [0.29, 0.717) is 6.54 Å². The van der Waals surface area contributed by atoms with E-state index in [4.69, 9.17) is 5.73 Å². The SMILES string of the molecule is Cl.NCC(C(=O)N1CCCCCC1)c1ccccc1. The van der Waals surface area contributed by atoms with Crippen LogP contribution >= 0.6 is 12.4 Å². The van der Waals surface area contributed by atoms with E-state index in [1.165, 1.54) is 12.8 Å². The standard InChI is InChI=1S/C15H22N2O.ClH/c16-12-14(13-8-4-3-5-9-13)15(18)17-10-6-1-2-7-11-17;/h3-5,8-9,14H,1-2,6-7,10-12,16H2;1H. The predicted molar refractivity (Wildman–Crippen MR) is 80.5 cm³/mol. The molecule has 1 aliphatic heterocycles. The minimum atomic E-state index is -0.177. The van der Waals surface area contributed by atoms with Gasteiger partial charge in [-0.15, -0.1) is 12.4 Å². The number of benzene rings is 1. The van der Waals surface area contributed by atoms with Crippen molar-refractivity contribution in [2.45, 2.75) is 31.6 Å². The van der Waals surface area contributed by atoms with Crippen LogP contribution in [0.2, 0.25) is 0 Å². The molecule has 1 saturated heterocycles. The molecular weight excluding hydrogens is 260 g/mol. The Morgan fingerprint density at radius 1 is 1.11 bits per heavy atom. The van der Waals surface area contributed by atoms with Gasteiger partial charge in [-0.1, -0.05) is 43.2 Å². The number of carbonyl (C=O) groups excluding carboxylic acids is 1. The van der Waals surface area contributed by atoms with E-state index in [9.17, 15) is 4.79 Å². The molecular formula is C15H23ClN2O. The fourth-order valence-corrected chi connectivity index (χ4v) is 2.58. The Morgan fingerprint density at radius 2 is 1.68 bits per heavy atom. The summed E-state index contributed by atoms with van der Waals surface area (Å²) in [5.41, 5.74) is 6.84. The van der Waals surface area contributed by atoms with Gasteiger partial charge in [0.15, 0.2) is 0 Å². The van der Waals surface area contributed by atoms with E-state index in [2.05, 4.69) is 0 Å². The second kappa shape index (κ2) is 8.18. The molecule has 106 valence electrons. The first-order valence-corrected chi connectivity index (χ1v) is 6.86. The maximum absolute atomic E-state index is 12.5. The van der Waals surface area contributed by atoms with Gasteiger partial charge < -0.3 is 10.6 Å². The van der Waals surface area contributed by atoms with Gasteiger partial charge in [0.05, 0.1) is 5.92 Å². The molecule has 0 spiro atoms. The van der Waals surface area contributed by atoms with Gasteiger partial charge >= 0.3 is 0 Å². The van der Waals surface area contributed by atoms with Crippen LogP contribution in [0, 0.1) is 0 Å². The lowest BCUT2D eigenvalue weighted by Gasteiger charge is -2.25. The molecule has 0 saturated carbocycles. The Hall–Kier alpha value is -1.06. The Morgan fingerprint density at radius 3 is 2.21 bits per heavy atom. The van der Waals surface area contributed by atoms with Gasteiger partial charge in [0.2, 0.25) is 5.91 Å². The highest BCUT2D eigenvalue weighted by molar-refractivity contribution is 5.85. The number of hydrogen-bond donors (Lipinski definition) is 1. The largest absolute Gasteiger partial charge is 0.342 e. The molecule has 2 rings (SSSR count). The summed E-state index contributed by atoms with van der Waals surface area (Å²) in [5, 5.41) is 0. The molecule has 0 radical (unpaired) electrons. The van der Waals surface area contributed by atoms with Crippen LogP contribution in [-0.4, -0.2) is 30.4 Å². The van der Waals surface area contributed by atoms with Crippen LogP contribution < -0.4 is 5.73 Å². The Bertz CT molecular complexity index is 375. The van der Waals surface area contributed by atoms with Crippen LogP contribution in [0.1, 0.15) is 37.2 Å². The summed E-state index contributed by atoms with van der Waals surface area (Å²) in [6.07, 6.45) is 4.72. The third-order valence-corrected chi connectivity index (χ3v) is 3.65. The first-order chi connectivity index (χ1) is 8.83. The zero-order chi connectivity index (χ0) is 12.8. The first kappa shape index (κ1) is 16.0. The number of nitrogens with two attached hydrogens (primary N) is 1. The predicted octanol–water partition coefficient (Wildman–Crippen LogP) is 2.55. The monoisotopic (exact) mass is 282 g/mol. The van der Waals surface area contributed by atoms with Gasteiger partial charge in [-0.2, -0.15) is 0 Å². The lowest BCUT2D eigenvalue weighted by atomic mass is 9.97. The topological polar surface area (TPSA) is 46.3 Å². The van der Waals surface area contributed by atoms with Gasteiger partial charge in [0.25, 0.3) is 0 Å². The normalized spacial score (nSPS) is 17.2. The van der Waals surface area contributed by atoms with Crippen molar-refractivity contribution >= 4 is 18.3 Å². The van der Waals surface area contributed by atoms with Crippen molar-refractivity contribution in [2.24, 2.45) is 5.73 Å². The second-order valence-corrected chi connectivity index (χ2v) is 4.94. The zero-order valence-corrected chi connectivity index (χ0v) is 12.1. The Kier molecular flexibility index (Phi) is 6.89. The van der Waals surface area contributed by atoms with Crippen molar-refractivity contribution < 1.29 is 4.79 Å². The number of carbonyl (C=O) groups is 1. The summed E-state index contributed by atoms with van der Waals surface area (Å²) in [6, 6.07) is 9.88. The van der Waals surface area contributed by atoms with Gasteiger partial charge in [-0.3, -0.25) is 4.79 Å². The smallest absolute Gasteiger partial charge is 0.231 e. The van der Waals surface area contributed by atoms with Crippen LogP contribution in [0.5, 0.6) is 0 Å². The molecule has 1 heterocycles. The average Bonchev–Trinajstić information content (AvgIpc) is 2.69. The summed E-state index contributed by atoms with van der Waals surface area (Å²) in [6.45, 7) is 2.17. The highest BCUT2D eigenvalue weighted by atomic mass is 35.5. The maximum atomic E-state index is 12.5. The number of hydrogen-bond acceptors (Lipinski definition) is 2. The first-order valence-electron chi connectivity index (χ1n) is 6.86. The van der Waals surface area contributed by atoms with Crippen LogP contribution in [0.25, 0.3) is 0 Å². The van der Waals surface area contributed by atoms with Crippen LogP contribution in [0.15, 0.2) is 30.3 Å². The van der Waals surface area contributed by atoms with E-state index in [1.54, 1.807) is 0 Å². The lowest BCUT2D eigenvalue weighted by Crippen LogP contribution is -2.38. The van der Waals surface area contributed by atoms with Crippen LogP contribution in [0.3, 0.4) is 0 Å². The molecule has 2 N–H and O–H groups in total. The van der Waals surface area contributed by atoms with Crippen molar-refractivity contribution in [1.82, 2.24) is 4.90 Å². The van der Waals surface area contributed by atoms with E-state index < -0.39 is 0 Å². The summed E-state index contributed by atoms with van der Waals surface area (Å²) in [4.78, 5) is 14.5. The highest BCUT2D eigenvalue weighted by Crippen LogP contribution is 2.19. The highest BCUT2D eigenvalue weighted by Gasteiger charge is 2.24. The minimum Gasteiger partial charge on any atom is -0.342 e. The molecule has 1 aromatic rings. The third kappa shape index (κ3) is 4.22. The van der Waals surface area contributed by atoms with Gasteiger partial charge in [-0.05, 0) is 18.4 Å². The molecule has 3 nitrogen and oxygen atoms in total. The summed E-state index contributed by atoms with van der Waals surface area (Å²) in [5.74, 6) is 0.0231. The van der Waals surface area contributed by atoms with E-state index in [-0.39, 0.29) is 24.2 Å². The molecule has 1 atom stereocenters. The zero-order valence-electron chi connectivity index (χ0n) is 11.3. The number of nitrogens with zero attached hydrogens (tertiary/aromatic N) is 1. The van der Waals surface area contributed by atoms with E-state index in [0.717, 1.165) is 31.5 Å². The van der Waals surface area contributed by atoms with Gasteiger partial charge in [0, 0.05) is 19.6 Å². The molecule has 1 amide bonds. The van der Waals surface area contributed by atoms with E-state index in [1.807, 2.05) is 35.2 Å². The Balaban J connectivity index is 0.00000180. The fraction of sp³-hybridized carbons (Fsp3) is 0.533. The third-order valence-electron chi connectivity index (χ3n) is 3.65. The molecule has 0 aromatic heterocycles. The molecule has 1 aromatic carbocycles. The lowest BCUT2D eigenvalue weighted by molar-refractivity contribution is -0.132.